The van der Waals surface area contributed by atoms with Crippen molar-refractivity contribution in [3.63, 3.8) is 0 Å². The Morgan fingerprint density at radius 3 is 2.14 bits per heavy atom. The lowest BCUT2D eigenvalue weighted by atomic mass is 10.1. The highest BCUT2D eigenvalue weighted by Crippen LogP contribution is 2.23. The highest BCUT2D eigenvalue weighted by molar-refractivity contribution is 6.30. The lowest BCUT2D eigenvalue weighted by molar-refractivity contribution is 0.546. The largest absolute Gasteiger partial charge is 0.321 e. The van der Waals surface area contributed by atoms with Gasteiger partial charge in [0.15, 0.2) is 0 Å². The molecular formula is C9H9Cl2F2N. The Morgan fingerprint density at radius 2 is 1.79 bits per heavy atom. The summed E-state index contributed by atoms with van der Waals surface area (Å²) in [5.74, 6) is -1.50. The normalized spacial score (nSPS) is 11.7. The summed E-state index contributed by atoms with van der Waals surface area (Å²) in [7, 11) is 0. The van der Waals surface area contributed by atoms with E-state index in [1.54, 1.807) is 0 Å². The molecule has 0 spiro atoms. The summed E-state index contributed by atoms with van der Waals surface area (Å²) in [6.45, 7) is 3.35. The summed E-state index contributed by atoms with van der Waals surface area (Å²) in [5.41, 5.74) is 5.20. The van der Waals surface area contributed by atoms with Crippen LogP contribution in [0.5, 0.6) is 0 Å². The van der Waals surface area contributed by atoms with E-state index in [-0.39, 0.29) is 23.0 Å². The Hall–Kier alpha value is -0.640. The number of hydrogen-bond donors (Lipinski definition) is 1. The van der Waals surface area contributed by atoms with Crippen LogP contribution < -0.4 is 5.73 Å². The summed E-state index contributed by atoms with van der Waals surface area (Å²) in [5, 5.41) is 0.00927. The molecule has 78 valence electrons. The van der Waals surface area contributed by atoms with E-state index in [2.05, 4.69) is 6.58 Å². The lowest BCUT2D eigenvalue weighted by Gasteiger charge is -2.09. The highest BCUT2D eigenvalue weighted by atomic mass is 35.5. The molecule has 0 heterocycles. The molecule has 0 aliphatic carbocycles. The second-order valence-corrected chi connectivity index (χ2v) is 2.98. The Kier molecular flexibility index (Phi) is 5.05. The van der Waals surface area contributed by atoms with Crippen molar-refractivity contribution in [3.8, 4) is 0 Å². The van der Waals surface area contributed by atoms with Gasteiger partial charge in [0.25, 0.3) is 0 Å². The molecule has 0 radical (unpaired) electrons. The van der Waals surface area contributed by atoms with E-state index >= 15 is 0 Å². The first-order chi connectivity index (χ1) is 6.06. The molecule has 1 aromatic rings. The SMILES string of the molecule is C=C[C@@H](N)c1c(F)cc(Cl)cc1F.Cl. The maximum atomic E-state index is 13.1. The van der Waals surface area contributed by atoms with Crippen LogP contribution in [0.15, 0.2) is 24.8 Å². The van der Waals surface area contributed by atoms with Crippen LogP contribution >= 0.6 is 24.0 Å². The number of nitrogens with two attached hydrogens (primary N) is 1. The van der Waals surface area contributed by atoms with Gasteiger partial charge in [-0.3, -0.25) is 0 Å². The van der Waals surface area contributed by atoms with Gasteiger partial charge >= 0.3 is 0 Å². The van der Waals surface area contributed by atoms with Crippen molar-refractivity contribution < 1.29 is 8.78 Å². The predicted molar refractivity (Wildman–Crippen MR) is 55.7 cm³/mol. The van der Waals surface area contributed by atoms with Gasteiger partial charge in [0.05, 0.1) is 6.04 Å². The Balaban J connectivity index is 0.00000169. The minimum atomic E-state index is -0.850. The zero-order chi connectivity index (χ0) is 10.0. The summed E-state index contributed by atoms with van der Waals surface area (Å²) in [6, 6.07) is 1.18. The molecule has 14 heavy (non-hydrogen) atoms. The topological polar surface area (TPSA) is 26.0 Å². The number of hydrogen-bond acceptors (Lipinski definition) is 1. The molecular weight excluding hydrogens is 231 g/mol. The smallest absolute Gasteiger partial charge is 0.132 e. The van der Waals surface area contributed by atoms with Crippen molar-refractivity contribution in [1.82, 2.24) is 0 Å². The van der Waals surface area contributed by atoms with Crippen LogP contribution in [0.2, 0.25) is 5.02 Å². The Labute approximate surface area is 92.0 Å². The molecule has 1 rings (SSSR count). The minimum absolute atomic E-state index is 0. The van der Waals surface area contributed by atoms with Crippen LogP contribution in [0.4, 0.5) is 8.78 Å². The van der Waals surface area contributed by atoms with Crippen LogP contribution in [0.1, 0.15) is 11.6 Å². The summed E-state index contributed by atoms with van der Waals surface area (Å²) in [4.78, 5) is 0. The summed E-state index contributed by atoms with van der Waals surface area (Å²) >= 11 is 5.42. The van der Waals surface area contributed by atoms with Crippen molar-refractivity contribution in [2.75, 3.05) is 0 Å². The summed E-state index contributed by atoms with van der Waals surface area (Å²) < 4.78 is 26.2. The molecule has 1 atom stereocenters. The van der Waals surface area contributed by atoms with Gasteiger partial charge < -0.3 is 5.73 Å². The molecule has 0 aliphatic heterocycles. The van der Waals surface area contributed by atoms with Gasteiger partial charge in [-0.15, -0.1) is 19.0 Å². The zero-order valence-electron chi connectivity index (χ0n) is 7.14. The van der Waals surface area contributed by atoms with Gasteiger partial charge in [0, 0.05) is 10.6 Å². The molecule has 0 fully saturated rings. The van der Waals surface area contributed by atoms with Gasteiger partial charge in [-0.05, 0) is 12.1 Å². The molecule has 2 N–H and O–H groups in total. The number of benzene rings is 1. The molecule has 1 nitrogen and oxygen atoms in total. The van der Waals surface area contributed by atoms with Gasteiger partial charge in [-0.25, -0.2) is 8.78 Å². The Morgan fingerprint density at radius 1 is 1.36 bits per heavy atom. The van der Waals surface area contributed by atoms with Gasteiger partial charge in [-0.2, -0.15) is 0 Å². The van der Waals surface area contributed by atoms with E-state index in [1.807, 2.05) is 0 Å². The fraction of sp³-hybridized carbons (Fsp3) is 0.111. The number of halogens is 4. The zero-order valence-corrected chi connectivity index (χ0v) is 8.71. The quantitative estimate of drug-likeness (QED) is 0.789. The van der Waals surface area contributed by atoms with Crippen LogP contribution in [0, 0.1) is 11.6 Å². The molecule has 0 unspecified atom stereocenters. The first-order valence-electron chi connectivity index (χ1n) is 3.59. The second-order valence-electron chi connectivity index (χ2n) is 2.54. The average Bonchev–Trinajstić information content (AvgIpc) is 2.02. The van der Waals surface area contributed by atoms with Crippen molar-refractivity contribution >= 4 is 24.0 Å². The van der Waals surface area contributed by atoms with E-state index in [1.165, 1.54) is 6.08 Å². The standard InChI is InChI=1S/C9H8ClF2N.ClH/c1-2-8(13)9-6(11)3-5(10)4-7(9)12;/h2-4,8H,1,13H2;1H/t8-;/m1./s1. The van der Waals surface area contributed by atoms with E-state index in [9.17, 15) is 8.78 Å². The predicted octanol–water partition coefficient (Wildman–Crippen LogP) is 3.23. The molecule has 0 bridgehead atoms. The summed E-state index contributed by atoms with van der Waals surface area (Å²) in [6.07, 6.45) is 1.26. The molecule has 0 amide bonds. The van der Waals surface area contributed by atoms with Crippen LogP contribution in [0.3, 0.4) is 0 Å². The minimum Gasteiger partial charge on any atom is -0.321 e. The highest BCUT2D eigenvalue weighted by Gasteiger charge is 2.14. The van der Waals surface area contributed by atoms with Crippen LogP contribution in [0.25, 0.3) is 0 Å². The van der Waals surface area contributed by atoms with Crippen LogP contribution in [-0.4, -0.2) is 0 Å². The molecule has 0 aliphatic rings. The first-order valence-corrected chi connectivity index (χ1v) is 3.96. The third-order valence-corrected chi connectivity index (χ3v) is 1.85. The maximum Gasteiger partial charge on any atom is 0.132 e. The maximum absolute atomic E-state index is 13.1. The molecule has 0 saturated carbocycles. The van der Waals surface area contributed by atoms with E-state index < -0.39 is 17.7 Å². The fourth-order valence-electron chi connectivity index (χ4n) is 0.990. The fourth-order valence-corrected chi connectivity index (χ4v) is 1.18. The molecule has 1 aromatic carbocycles. The van der Waals surface area contributed by atoms with Crippen molar-refractivity contribution in [2.24, 2.45) is 5.73 Å². The van der Waals surface area contributed by atoms with Crippen molar-refractivity contribution in [1.29, 1.82) is 0 Å². The van der Waals surface area contributed by atoms with E-state index in [4.69, 9.17) is 17.3 Å². The van der Waals surface area contributed by atoms with Gasteiger partial charge in [0.1, 0.15) is 11.6 Å². The number of rotatable bonds is 2. The molecule has 5 heteroatoms. The average molecular weight is 240 g/mol. The van der Waals surface area contributed by atoms with Crippen molar-refractivity contribution in [2.45, 2.75) is 6.04 Å². The molecule has 0 aromatic heterocycles. The van der Waals surface area contributed by atoms with Crippen LogP contribution in [-0.2, 0) is 0 Å². The van der Waals surface area contributed by atoms with Gasteiger partial charge in [0.2, 0.25) is 0 Å². The van der Waals surface area contributed by atoms with E-state index in [0.717, 1.165) is 12.1 Å². The lowest BCUT2D eigenvalue weighted by Crippen LogP contribution is -2.11. The van der Waals surface area contributed by atoms with Gasteiger partial charge in [-0.1, -0.05) is 17.7 Å². The third-order valence-electron chi connectivity index (χ3n) is 1.63. The first kappa shape index (κ1) is 13.4. The second kappa shape index (κ2) is 5.29. The third kappa shape index (κ3) is 2.67. The Bertz CT molecular complexity index is 319. The molecule has 0 saturated heterocycles. The monoisotopic (exact) mass is 239 g/mol. The van der Waals surface area contributed by atoms with E-state index in [0.29, 0.717) is 0 Å². The van der Waals surface area contributed by atoms with Crippen molar-refractivity contribution in [3.05, 3.63) is 47.0 Å².